The summed E-state index contributed by atoms with van der Waals surface area (Å²) in [6.45, 7) is 2.09. The molecule has 0 spiro atoms. The maximum absolute atomic E-state index is 5.35. The van der Waals surface area contributed by atoms with Crippen molar-refractivity contribution in [1.29, 1.82) is 0 Å². The fraction of sp³-hybridized carbons (Fsp3) is 0.385. The molecule has 0 atom stereocenters. The van der Waals surface area contributed by atoms with Gasteiger partial charge in [0.2, 0.25) is 5.75 Å². The molecule has 1 rings (SSSR count). The summed E-state index contributed by atoms with van der Waals surface area (Å²) >= 11 is 0. The molecule has 1 aromatic rings. The lowest BCUT2D eigenvalue weighted by atomic mass is 10.1. The maximum atomic E-state index is 5.35. The van der Waals surface area contributed by atoms with Gasteiger partial charge in [-0.25, -0.2) is 0 Å². The first-order valence-electron chi connectivity index (χ1n) is 5.24. The highest BCUT2D eigenvalue weighted by Gasteiger charge is 2.13. The Kier molecular flexibility index (Phi) is 4.70. The van der Waals surface area contributed by atoms with Crippen molar-refractivity contribution in [2.24, 2.45) is 0 Å². The Labute approximate surface area is 96.6 Å². The molecule has 0 N–H and O–H groups in total. The summed E-state index contributed by atoms with van der Waals surface area (Å²) in [5.41, 5.74) is 0.988. The zero-order chi connectivity index (χ0) is 12.0. The lowest BCUT2D eigenvalue weighted by molar-refractivity contribution is 0.324. The fourth-order valence-electron chi connectivity index (χ4n) is 1.50. The Morgan fingerprint density at radius 3 is 2.19 bits per heavy atom. The van der Waals surface area contributed by atoms with Crippen LogP contribution in [0.4, 0.5) is 0 Å². The van der Waals surface area contributed by atoms with E-state index in [1.807, 2.05) is 18.2 Å². The normalized spacial score (nSPS) is 10.5. The first-order valence-corrected chi connectivity index (χ1v) is 5.24. The van der Waals surface area contributed by atoms with Gasteiger partial charge in [-0.15, -0.1) is 0 Å². The smallest absolute Gasteiger partial charge is 0.203 e. The van der Waals surface area contributed by atoms with Crippen LogP contribution >= 0.6 is 0 Å². The van der Waals surface area contributed by atoms with E-state index in [1.54, 1.807) is 21.3 Å². The van der Waals surface area contributed by atoms with Crippen molar-refractivity contribution in [3.8, 4) is 17.2 Å². The van der Waals surface area contributed by atoms with Gasteiger partial charge in [0, 0.05) is 5.56 Å². The number of ether oxygens (including phenoxy) is 3. The molecular weight excluding hydrogens is 204 g/mol. The fourth-order valence-corrected chi connectivity index (χ4v) is 1.50. The number of benzene rings is 1. The monoisotopic (exact) mass is 222 g/mol. The van der Waals surface area contributed by atoms with Gasteiger partial charge in [-0.05, 0) is 18.6 Å². The number of allylic oxidation sites excluding steroid dienone is 1. The minimum Gasteiger partial charge on any atom is -0.493 e. The van der Waals surface area contributed by atoms with Crippen LogP contribution in [0.25, 0.3) is 6.08 Å². The van der Waals surface area contributed by atoms with Crippen molar-refractivity contribution in [2.75, 3.05) is 21.3 Å². The molecule has 0 saturated heterocycles. The molecule has 3 heteroatoms. The van der Waals surface area contributed by atoms with Crippen LogP contribution in [0.1, 0.15) is 18.9 Å². The lowest BCUT2D eigenvalue weighted by Crippen LogP contribution is -1.96. The first-order chi connectivity index (χ1) is 7.78. The minimum atomic E-state index is 0.628. The van der Waals surface area contributed by atoms with Gasteiger partial charge in [0.15, 0.2) is 11.5 Å². The van der Waals surface area contributed by atoms with Gasteiger partial charge in [-0.1, -0.05) is 19.1 Å². The topological polar surface area (TPSA) is 27.7 Å². The van der Waals surface area contributed by atoms with E-state index in [-0.39, 0.29) is 0 Å². The molecule has 0 saturated carbocycles. The van der Waals surface area contributed by atoms with Crippen LogP contribution in [0.15, 0.2) is 18.2 Å². The van der Waals surface area contributed by atoms with Gasteiger partial charge >= 0.3 is 0 Å². The molecule has 0 amide bonds. The molecule has 0 radical (unpaired) electrons. The van der Waals surface area contributed by atoms with Gasteiger partial charge in [0.1, 0.15) is 0 Å². The zero-order valence-electron chi connectivity index (χ0n) is 10.2. The van der Waals surface area contributed by atoms with Crippen molar-refractivity contribution >= 4 is 6.08 Å². The first kappa shape index (κ1) is 12.4. The third kappa shape index (κ3) is 2.48. The zero-order valence-corrected chi connectivity index (χ0v) is 10.2. The highest BCUT2D eigenvalue weighted by atomic mass is 16.5. The van der Waals surface area contributed by atoms with E-state index >= 15 is 0 Å². The van der Waals surface area contributed by atoms with Crippen LogP contribution in [0.2, 0.25) is 0 Å². The summed E-state index contributed by atoms with van der Waals surface area (Å²) in [7, 11) is 4.84. The van der Waals surface area contributed by atoms with Crippen LogP contribution < -0.4 is 14.2 Å². The summed E-state index contributed by atoms with van der Waals surface area (Å²) in [4.78, 5) is 0. The molecule has 0 unspecified atom stereocenters. The molecule has 0 aliphatic heterocycles. The summed E-state index contributed by atoms with van der Waals surface area (Å²) in [6, 6.07) is 3.82. The summed E-state index contributed by atoms with van der Waals surface area (Å²) in [6.07, 6.45) is 5.07. The largest absolute Gasteiger partial charge is 0.493 e. The molecule has 0 fully saturated rings. The van der Waals surface area contributed by atoms with Gasteiger partial charge in [0.05, 0.1) is 21.3 Å². The van der Waals surface area contributed by atoms with Gasteiger partial charge in [-0.2, -0.15) is 0 Å². The van der Waals surface area contributed by atoms with Crippen LogP contribution in [-0.4, -0.2) is 21.3 Å². The molecule has 88 valence electrons. The van der Waals surface area contributed by atoms with Gasteiger partial charge in [-0.3, -0.25) is 0 Å². The number of rotatable bonds is 5. The molecule has 0 aromatic heterocycles. The van der Waals surface area contributed by atoms with E-state index in [0.29, 0.717) is 17.2 Å². The number of hydrogen-bond donors (Lipinski definition) is 0. The Morgan fingerprint density at radius 1 is 1.00 bits per heavy atom. The van der Waals surface area contributed by atoms with E-state index < -0.39 is 0 Å². The minimum absolute atomic E-state index is 0.628. The van der Waals surface area contributed by atoms with Crippen LogP contribution in [-0.2, 0) is 0 Å². The Balaban J connectivity index is 3.25. The summed E-state index contributed by atoms with van der Waals surface area (Å²) in [5.74, 6) is 2.00. The number of hydrogen-bond acceptors (Lipinski definition) is 3. The van der Waals surface area contributed by atoms with E-state index in [0.717, 1.165) is 12.0 Å². The molecule has 0 aliphatic rings. The predicted molar refractivity (Wildman–Crippen MR) is 65.4 cm³/mol. The van der Waals surface area contributed by atoms with Crippen LogP contribution in [0.3, 0.4) is 0 Å². The Bertz CT molecular complexity index is 370. The quantitative estimate of drug-likeness (QED) is 0.766. The molecule has 1 aromatic carbocycles. The number of methoxy groups -OCH3 is 3. The SMILES string of the molecule is CC/C=C/c1ccc(OC)c(OC)c1OC. The van der Waals surface area contributed by atoms with Crippen LogP contribution in [0.5, 0.6) is 17.2 Å². The van der Waals surface area contributed by atoms with E-state index in [9.17, 15) is 0 Å². The molecule has 3 nitrogen and oxygen atoms in total. The molecule has 16 heavy (non-hydrogen) atoms. The van der Waals surface area contributed by atoms with Gasteiger partial charge in [0.25, 0.3) is 0 Å². The Morgan fingerprint density at radius 2 is 1.69 bits per heavy atom. The molecule has 0 heterocycles. The van der Waals surface area contributed by atoms with E-state index in [4.69, 9.17) is 14.2 Å². The van der Waals surface area contributed by atoms with E-state index in [1.165, 1.54) is 0 Å². The third-order valence-electron chi connectivity index (χ3n) is 2.27. The average Bonchev–Trinajstić information content (AvgIpc) is 2.34. The highest BCUT2D eigenvalue weighted by Crippen LogP contribution is 2.40. The molecule has 0 aliphatic carbocycles. The van der Waals surface area contributed by atoms with Crippen molar-refractivity contribution < 1.29 is 14.2 Å². The second-order valence-corrected chi connectivity index (χ2v) is 3.23. The third-order valence-corrected chi connectivity index (χ3v) is 2.27. The van der Waals surface area contributed by atoms with Gasteiger partial charge < -0.3 is 14.2 Å². The molecule has 0 bridgehead atoms. The standard InChI is InChI=1S/C13H18O3/c1-5-6-7-10-8-9-11(14-2)13(16-4)12(10)15-3/h6-9H,5H2,1-4H3/b7-6+. The van der Waals surface area contributed by atoms with Crippen molar-refractivity contribution in [2.45, 2.75) is 13.3 Å². The predicted octanol–water partition coefficient (Wildman–Crippen LogP) is 3.14. The lowest BCUT2D eigenvalue weighted by Gasteiger charge is -2.13. The highest BCUT2D eigenvalue weighted by molar-refractivity contribution is 5.66. The second-order valence-electron chi connectivity index (χ2n) is 3.23. The average molecular weight is 222 g/mol. The maximum Gasteiger partial charge on any atom is 0.203 e. The van der Waals surface area contributed by atoms with Crippen molar-refractivity contribution in [1.82, 2.24) is 0 Å². The van der Waals surface area contributed by atoms with Crippen LogP contribution in [0, 0.1) is 0 Å². The summed E-state index contributed by atoms with van der Waals surface area (Å²) < 4.78 is 15.9. The van der Waals surface area contributed by atoms with Crippen molar-refractivity contribution in [3.05, 3.63) is 23.8 Å². The van der Waals surface area contributed by atoms with E-state index in [2.05, 4.69) is 13.0 Å². The van der Waals surface area contributed by atoms with Crippen molar-refractivity contribution in [3.63, 3.8) is 0 Å². The summed E-state index contributed by atoms with van der Waals surface area (Å²) in [5, 5.41) is 0. The second kappa shape index (κ2) is 6.05. The molecular formula is C13H18O3. The Hall–Kier alpha value is -1.64.